The van der Waals surface area contributed by atoms with E-state index in [0.29, 0.717) is 16.5 Å². The minimum atomic E-state index is -0.489. The van der Waals surface area contributed by atoms with E-state index in [9.17, 15) is 9.59 Å². The molecule has 2 rings (SSSR count). The first-order valence-corrected chi connectivity index (χ1v) is 10.5. The second kappa shape index (κ2) is 9.70. The monoisotopic (exact) mass is 424 g/mol. The fourth-order valence-electron chi connectivity index (χ4n) is 3.75. The smallest absolute Gasteiger partial charge is 0.407 e. The lowest BCUT2D eigenvalue weighted by atomic mass is 9.82. The normalized spacial score (nSPS) is 20.5. The molecule has 2 N–H and O–H groups in total. The molecule has 1 aliphatic rings. The molecule has 1 unspecified atom stereocenters. The number of hydrogen-bond donors (Lipinski definition) is 2. The number of carbonyl (C=O) groups is 2. The van der Waals surface area contributed by atoms with Crippen LogP contribution in [0.15, 0.2) is 12.1 Å². The van der Waals surface area contributed by atoms with Gasteiger partial charge in [0.2, 0.25) is 0 Å². The average Bonchev–Trinajstić information content (AvgIpc) is 2.62. The van der Waals surface area contributed by atoms with Gasteiger partial charge in [0.25, 0.3) is 0 Å². The summed E-state index contributed by atoms with van der Waals surface area (Å²) in [6.07, 6.45) is 3.48. The largest absolute Gasteiger partial charge is 0.465 e. The van der Waals surface area contributed by atoms with Crippen molar-refractivity contribution in [2.75, 3.05) is 12.4 Å². The van der Waals surface area contributed by atoms with Gasteiger partial charge < -0.3 is 20.1 Å². The number of carbonyl (C=O) groups excluding carboxylic acids is 2. The van der Waals surface area contributed by atoms with Crippen molar-refractivity contribution >= 4 is 29.4 Å². The number of rotatable bonds is 5. The van der Waals surface area contributed by atoms with Gasteiger partial charge in [-0.05, 0) is 83.9 Å². The Hall–Kier alpha value is -1.95. The number of halogens is 1. The van der Waals surface area contributed by atoms with Gasteiger partial charge in [-0.25, -0.2) is 9.59 Å². The molecule has 7 heteroatoms. The average molecular weight is 425 g/mol. The van der Waals surface area contributed by atoms with Crippen LogP contribution in [0.5, 0.6) is 0 Å². The molecule has 1 aliphatic carbocycles. The van der Waals surface area contributed by atoms with Crippen LogP contribution in [0.2, 0.25) is 5.02 Å². The molecule has 1 atom stereocenters. The number of nitrogens with one attached hydrogen (secondary N) is 2. The highest BCUT2D eigenvalue weighted by Crippen LogP contribution is 2.31. The number of methoxy groups -OCH3 is 1. The Bertz CT molecular complexity index is 737. The van der Waals surface area contributed by atoms with Crippen molar-refractivity contribution in [1.82, 2.24) is 5.32 Å². The van der Waals surface area contributed by atoms with Crippen LogP contribution in [0.25, 0.3) is 0 Å². The van der Waals surface area contributed by atoms with E-state index in [4.69, 9.17) is 21.1 Å². The molecule has 0 saturated heterocycles. The lowest BCUT2D eigenvalue weighted by molar-refractivity contribution is 0.0485. The van der Waals surface area contributed by atoms with Crippen LogP contribution in [-0.2, 0) is 9.47 Å². The standard InChI is InChI=1S/C22H33ClN2O4/c1-13-18(20(26)28-6)11-16(23)12-19(13)24-14(2)15-7-9-17(10-8-15)25-21(27)29-22(3,4)5/h11-12,14-15,17,24H,7-10H2,1-6H3,(H,25,27). The minimum absolute atomic E-state index is 0.145. The van der Waals surface area contributed by atoms with Crippen LogP contribution in [-0.4, -0.2) is 36.9 Å². The first kappa shape index (κ1) is 23.3. The molecule has 1 saturated carbocycles. The molecular formula is C22H33ClN2O4. The fraction of sp³-hybridized carbons (Fsp3) is 0.636. The maximum Gasteiger partial charge on any atom is 0.407 e. The highest BCUT2D eigenvalue weighted by atomic mass is 35.5. The zero-order valence-corrected chi connectivity index (χ0v) is 19.0. The van der Waals surface area contributed by atoms with Gasteiger partial charge in [0, 0.05) is 22.8 Å². The van der Waals surface area contributed by atoms with E-state index in [2.05, 4.69) is 17.6 Å². The van der Waals surface area contributed by atoms with Crippen LogP contribution in [0.4, 0.5) is 10.5 Å². The Morgan fingerprint density at radius 1 is 1.17 bits per heavy atom. The number of esters is 1. The molecule has 162 valence electrons. The number of amides is 1. The summed E-state index contributed by atoms with van der Waals surface area (Å²) in [5.41, 5.74) is 1.66. The van der Waals surface area contributed by atoms with Crippen molar-refractivity contribution in [3.05, 3.63) is 28.3 Å². The molecule has 6 nitrogen and oxygen atoms in total. The zero-order chi connectivity index (χ0) is 21.8. The van der Waals surface area contributed by atoms with E-state index in [1.54, 1.807) is 6.07 Å². The summed E-state index contributed by atoms with van der Waals surface area (Å²) < 4.78 is 10.2. The van der Waals surface area contributed by atoms with E-state index in [1.807, 2.05) is 33.8 Å². The molecular weight excluding hydrogens is 392 g/mol. The second-order valence-electron chi connectivity index (χ2n) is 8.81. The van der Waals surface area contributed by atoms with Crippen molar-refractivity contribution in [2.45, 2.75) is 78.0 Å². The molecule has 0 aliphatic heterocycles. The summed E-state index contributed by atoms with van der Waals surface area (Å²) in [5.74, 6) is 0.0704. The Labute approximate surface area is 178 Å². The Morgan fingerprint density at radius 3 is 2.34 bits per heavy atom. The Morgan fingerprint density at radius 2 is 1.79 bits per heavy atom. The maximum atomic E-state index is 12.0. The molecule has 1 aromatic carbocycles. The molecule has 1 aromatic rings. The molecule has 0 bridgehead atoms. The summed E-state index contributed by atoms with van der Waals surface area (Å²) in [4.78, 5) is 24.0. The van der Waals surface area contributed by atoms with Crippen LogP contribution in [0, 0.1) is 12.8 Å². The summed E-state index contributed by atoms with van der Waals surface area (Å²) in [5, 5.41) is 7.00. The van der Waals surface area contributed by atoms with Crippen LogP contribution >= 0.6 is 11.6 Å². The highest BCUT2D eigenvalue weighted by Gasteiger charge is 2.28. The zero-order valence-electron chi connectivity index (χ0n) is 18.2. The third-order valence-corrected chi connectivity index (χ3v) is 5.58. The third kappa shape index (κ3) is 6.81. The summed E-state index contributed by atoms with van der Waals surface area (Å²) >= 11 is 6.21. The molecule has 0 heterocycles. The topological polar surface area (TPSA) is 76.7 Å². The quantitative estimate of drug-likeness (QED) is 0.625. The van der Waals surface area contributed by atoms with Gasteiger partial charge in [-0.2, -0.15) is 0 Å². The van der Waals surface area contributed by atoms with Crippen LogP contribution < -0.4 is 10.6 Å². The highest BCUT2D eigenvalue weighted by molar-refractivity contribution is 6.31. The Balaban J connectivity index is 1.93. The van der Waals surface area contributed by atoms with Gasteiger partial charge in [0.15, 0.2) is 0 Å². The van der Waals surface area contributed by atoms with Crippen molar-refractivity contribution in [3.63, 3.8) is 0 Å². The van der Waals surface area contributed by atoms with Gasteiger partial charge in [-0.15, -0.1) is 0 Å². The van der Waals surface area contributed by atoms with Crippen LogP contribution in [0.3, 0.4) is 0 Å². The predicted molar refractivity (Wildman–Crippen MR) is 116 cm³/mol. The molecule has 0 radical (unpaired) electrons. The van der Waals surface area contributed by atoms with E-state index in [-0.39, 0.29) is 18.2 Å². The van der Waals surface area contributed by atoms with Crippen molar-refractivity contribution in [3.8, 4) is 0 Å². The number of hydrogen-bond acceptors (Lipinski definition) is 5. The van der Waals surface area contributed by atoms with Gasteiger partial charge in [0.1, 0.15) is 5.60 Å². The van der Waals surface area contributed by atoms with Gasteiger partial charge in [0.05, 0.1) is 12.7 Å². The lowest BCUT2D eigenvalue weighted by Crippen LogP contribution is -2.42. The van der Waals surface area contributed by atoms with Gasteiger partial charge in [-0.3, -0.25) is 0 Å². The second-order valence-corrected chi connectivity index (χ2v) is 9.24. The number of alkyl carbamates (subject to hydrolysis) is 1. The molecule has 0 aromatic heterocycles. The molecule has 0 spiro atoms. The van der Waals surface area contributed by atoms with E-state index in [1.165, 1.54) is 7.11 Å². The summed E-state index contributed by atoms with van der Waals surface area (Å²) in [6, 6.07) is 3.83. The van der Waals surface area contributed by atoms with E-state index in [0.717, 1.165) is 36.9 Å². The number of ether oxygens (including phenoxy) is 2. The third-order valence-electron chi connectivity index (χ3n) is 5.36. The molecule has 1 amide bonds. The summed E-state index contributed by atoms with van der Waals surface area (Å²) in [6.45, 7) is 9.62. The first-order chi connectivity index (χ1) is 13.5. The van der Waals surface area contributed by atoms with E-state index >= 15 is 0 Å². The molecule has 1 fully saturated rings. The fourth-order valence-corrected chi connectivity index (χ4v) is 3.97. The van der Waals surface area contributed by atoms with E-state index < -0.39 is 11.6 Å². The summed E-state index contributed by atoms with van der Waals surface area (Å²) in [7, 11) is 1.36. The number of anilines is 1. The van der Waals surface area contributed by atoms with Crippen LogP contribution in [0.1, 0.15) is 69.3 Å². The SMILES string of the molecule is COC(=O)c1cc(Cl)cc(NC(C)C2CCC(NC(=O)OC(C)(C)C)CC2)c1C. The molecule has 29 heavy (non-hydrogen) atoms. The van der Waals surface area contributed by atoms with Gasteiger partial charge in [-0.1, -0.05) is 11.6 Å². The maximum absolute atomic E-state index is 12.0. The van der Waals surface area contributed by atoms with Crippen molar-refractivity contribution < 1.29 is 19.1 Å². The predicted octanol–water partition coefficient (Wildman–Crippen LogP) is 5.32. The minimum Gasteiger partial charge on any atom is -0.465 e. The number of benzene rings is 1. The van der Waals surface area contributed by atoms with Gasteiger partial charge >= 0.3 is 12.1 Å². The Kier molecular flexibility index (Phi) is 7.80. The lowest BCUT2D eigenvalue weighted by Gasteiger charge is -2.34. The van der Waals surface area contributed by atoms with Crippen molar-refractivity contribution in [2.24, 2.45) is 5.92 Å². The first-order valence-electron chi connectivity index (χ1n) is 10.1. The van der Waals surface area contributed by atoms with Crippen molar-refractivity contribution in [1.29, 1.82) is 0 Å².